The van der Waals surface area contributed by atoms with Gasteiger partial charge in [-0.3, -0.25) is 9.59 Å². The molecule has 0 aromatic heterocycles. The van der Waals surface area contributed by atoms with E-state index in [0.29, 0.717) is 13.2 Å². The van der Waals surface area contributed by atoms with E-state index in [1.807, 2.05) is 13.8 Å². The molecule has 1 amide bonds. The van der Waals surface area contributed by atoms with Crippen LogP contribution in [0.15, 0.2) is 0 Å². The molecule has 1 aliphatic heterocycles. The molecule has 144 valence electrons. The molecule has 1 aliphatic carbocycles. The van der Waals surface area contributed by atoms with Crippen LogP contribution in [0, 0.1) is 5.92 Å². The second-order valence-corrected chi connectivity index (χ2v) is 8.05. The van der Waals surface area contributed by atoms with Crippen molar-refractivity contribution in [1.29, 1.82) is 0 Å². The molecule has 2 aliphatic rings. The Kier molecular flexibility index (Phi) is 8.52. The lowest BCUT2D eigenvalue weighted by atomic mass is 9.94. The normalized spacial score (nSPS) is 32.4. The monoisotopic (exact) mass is 373 g/mol. The zero-order valence-corrected chi connectivity index (χ0v) is 16.3. The highest BCUT2D eigenvalue weighted by Gasteiger charge is 2.38. The number of ether oxygens (including phenoxy) is 3. The van der Waals surface area contributed by atoms with Crippen molar-refractivity contribution in [2.45, 2.75) is 75.7 Å². The number of hydrogen-bond acceptors (Lipinski definition) is 6. The van der Waals surface area contributed by atoms with Crippen molar-refractivity contribution in [3.8, 4) is 0 Å². The van der Waals surface area contributed by atoms with Crippen molar-refractivity contribution >= 4 is 23.6 Å². The lowest BCUT2D eigenvalue weighted by Crippen LogP contribution is -2.39. The number of carbonyl (C=O) groups excluding carboxylic acids is 2. The third kappa shape index (κ3) is 6.15. The highest BCUT2D eigenvalue weighted by Crippen LogP contribution is 2.37. The van der Waals surface area contributed by atoms with E-state index in [9.17, 15) is 9.59 Å². The predicted molar refractivity (Wildman–Crippen MR) is 97.3 cm³/mol. The summed E-state index contributed by atoms with van der Waals surface area (Å²) >= 11 is 1.48. The van der Waals surface area contributed by atoms with E-state index in [1.165, 1.54) is 11.8 Å². The summed E-state index contributed by atoms with van der Waals surface area (Å²) in [4.78, 5) is 24.1. The first-order chi connectivity index (χ1) is 12.0. The Morgan fingerprint density at radius 1 is 1.08 bits per heavy atom. The number of nitrogens with one attached hydrogen (secondary N) is 1. The van der Waals surface area contributed by atoms with Crippen LogP contribution in [0.5, 0.6) is 0 Å². The summed E-state index contributed by atoms with van der Waals surface area (Å²) < 4.78 is 16.6. The zero-order chi connectivity index (χ0) is 18.2. The molecule has 0 bridgehead atoms. The molecule has 0 spiro atoms. The van der Waals surface area contributed by atoms with E-state index in [-0.39, 0.29) is 47.2 Å². The molecular weight excluding hydrogens is 342 g/mol. The molecule has 0 radical (unpaired) electrons. The Labute approximate surface area is 154 Å². The fraction of sp³-hybridized carbons (Fsp3) is 0.889. The summed E-state index contributed by atoms with van der Waals surface area (Å²) in [5, 5.41) is 2.71. The topological polar surface area (TPSA) is 73.9 Å². The van der Waals surface area contributed by atoms with Crippen LogP contribution in [0.25, 0.3) is 0 Å². The van der Waals surface area contributed by atoms with Crippen LogP contribution < -0.4 is 5.32 Å². The number of thioether (sulfide) groups is 1. The number of hydrogen-bond donors (Lipinski definition) is 1. The molecule has 1 saturated heterocycles. The van der Waals surface area contributed by atoms with Gasteiger partial charge >= 0.3 is 5.97 Å². The van der Waals surface area contributed by atoms with Gasteiger partial charge in [0.05, 0.1) is 24.2 Å². The molecule has 5 unspecified atom stereocenters. The van der Waals surface area contributed by atoms with Crippen molar-refractivity contribution in [3.05, 3.63) is 0 Å². The van der Waals surface area contributed by atoms with E-state index < -0.39 is 0 Å². The van der Waals surface area contributed by atoms with Crippen LogP contribution in [0.1, 0.15) is 52.9 Å². The molecule has 1 N–H and O–H groups in total. The molecule has 2 fully saturated rings. The second kappa shape index (κ2) is 10.4. The largest absolute Gasteiger partial charge is 0.465 e. The minimum Gasteiger partial charge on any atom is -0.465 e. The molecule has 2 rings (SSSR count). The van der Waals surface area contributed by atoms with Gasteiger partial charge in [-0.15, -0.1) is 11.8 Å². The minimum absolute atomic E-state index is 0.00175. The zero-order valence-electron chi connectivity index (χ0n) is 15.5. The lowest BCUT2D eigenvalue weighted by molar-refractivity contribution is -0.143. The highest BCUT2D eigenvalue weighted by atomic mass is 32.2. The maximum Gasteiger partial charge on any atom is 0.319 e. The fourth-order valence-electron chi connectivity index (χ4n) is 3.50. The summed E-state index contributed by atoms with van der Waals surface area (Å²) in [5.41, 5.74) is 0. The van der Waals surface area contributed by atoms with Crippen molar-refractivity contribution in [2.24, 2.45) is 5.92 Å². The molecule has 0 aromatic carbocycles. The van der Waals surface area contributed by atoms with Gasteiger partial charge in [0.15, 0.2) is 0 Å². The summed E-state index contributed by atoms with van der Waals surface area (Å²) in [6, 6.07) is 0. The third-order valence-electron chi connectivity index (χ3n) is 4.71. The maximum atomic E-state index is 12.2. The third-order valence-corrected chi connectivity index (χ3v) is 6.29. The molecule has 25 heavy (non-hydrogen) atoms. The smallest absolute Gasteiger partial charge is 0.319 e. The first-order valence-electron chi connectivity index (χ1n) is 9.39. The van der Waals surface area contributed by atoms with E-state index in [2.05, 4.69) is 5.32 Å². The summed E-state index contributed by atoms with van der Waals surface area (Å²) in [6.07, 6.45) is 5.08. The van der Waals surface area contributed by atoms with Gasteiger partial charge in [0.1, 0.15) is 11.9 Å². The Morgan fingerprint density at radius 2 is 1.76 bits per heavy atom. The summed E-state index contributed by atoms with van der Waals surface area (Å²) in [6.45, 7) is 6.91. The number of rotatable bonds is 8. The fourth-order valence-corrected chi connectivity index (χ4v) is 5.02. The molecule has 7 heteroatoms. The molecular formula is C18H31NO5S. The minimum atomic E-state index is -0.202. The van der Waals surface area contributed by atoms with E-state index in [4.69, 9.17) is 14.2 Å². The van der Waals surface area contributed by atoms with E-state index in [0.717, 1.165) is 32.1 Å². The van der Waals surface area contributed by atoms with Crippen LogP contribution in [0.2, 0.25) is 0 Å². The first kappa shape index (κ1) is 20.5. The number of amides is 1. The summed E-state index contributed by atoms with van der Waals surface area (Å²) in [5.74, 6) is -0.124. The second-order valence-electron chi connectivity index (χ2n) is 6.71. The Hall–Kier alpha value is -0.790. The average Bonchev–Trinajstić information content (AvgIpc) is 2.95. The van der Waals surface area contributed by atoms with E-state index in [1.54, 1.807) is 6.92 Å². The lowest BCUT2D eigenvalue weighted by Gasteiger charge is -2.31. The van der Waals surface area contributed by atoms with Gasteiger partial charge in [-0.05, 0) is 39.0 Å². The van der Waals surface area contributed by atoms with Crippen molar-refractivity contribution in [2.75, 3.05) is 19.8 Å². The number of esters is 1. The highest BCUT2D eigenvalue weighted by molar-refractivity contribution is 8.01. The quantitative estimate of drug-likeness (QED) is 0.659. The Balaban J connectivity index is 1.74. The van der Waals surface area contributed by atoms with Crippen molar-refractivity contribution in [3.63, 3.8) is 0 Å². The van der Waals surface area contributed by atoms with Gasteiger partial charge in [0, 0.05) is 6.61 Å². The molecule has 0 aromatic rings. The van der Waals surface area contributed by atoms with Crippen molar-refractivity contribution < 1.29 is 23.8 Å². The molecule has 5 atom stereocenters. The summed E-state index contributed by atoms with van der Waals surface area (Å²) in [7, 11) is 0. The Morgan fingerprint density at radius 3 is 2.40 bits per heavy atom. The Bertz CT molecular complexity index is 445. The number of carbonyl (C=O) groups is 2. The van der Waals surface area contributed by atoms with Gasteiger partial charge in [-0.25, -0.2) is 0 Å². The standard InChI is InChI=1S/C18H31NO5S/c1-4-22-13-8-6-7-9-14(13)24-11-15(20)19-16-10-12(3)17(25-16)18(21)23-5-2/h12-14,16-17H,4-11H2,1-3H3,(H,19,20). The van der Waals surface area contributed by atoms with Gasteiger partial charge in [-0.2, -0.15) is 0 Å². The SMILES string of the molecule is CCOC(=O)C1SC(NC(=O)COC2CCCCC2OCC)CC1C. The van der Waals surface area contributed by atoms with Crippen molar-refractivity contribution in [1.82, 2.24) is 5.32 Å². The van der Waals surface area contributed by atoms with Crippen LogP contribution in [0.3, 0.4) is 0 Å². The van der Waals surface area contributed by atoms with Crippen LogP contribution in [0.4, 0.5) is 0 Å². The molecule has 6 nitrogen and oxygen atoms in total. The molecule has 1 saturated carbocycles. The van der Waals surface area contributed by atoms with Gasteiger partial charge in [-0.1, -0.05) is 19.8 Å². The van der Waals surface area contributed by atoms with Crippen LogP contribution in [-0.4, -0.2) is 54.5 Å². The maximum absolute atomic E-state index is 12.2. The average molecular weight is 374 g/mol. The van der Waals surface area contributed by atoms with Gasteiger partial charge < -0.3 is 19.5 Å². The molecule has 1 heterocycles. The van der Waals surface area contributed by atoms with Crippen LogP contribution in [-0.2, 0) is 23.8 Å². The van der Waals surface area contributed by atoms with Crippen LogP contribution >= 0.6 is 11.8 Å². The van der Waals surface area contributed by atoms with Gasteiger partial charge in [0.25, 0.3) is 0 Å². The predicted octanol–water partition coefficient (Wildman–Crippen LogP) is 2.50. The first-order valence-corrected chi connectivity index (χ1v) is 10.3. The van der Waals surface area contributed by atoms with E-state index >= 15 is 0 Å². The van der Waals surface area contributed by atoms with Gasteiger partial charge in [0.2, 0.25) is 5.91 Å².